The molecule has 7 heteroatoms. The molecule has 0 amide bonds. The van der Waals surface area contributed by atoms with Crippen molar-refractivity contribution in [2.45, 2.75) is 25.3 Å². The van der Waals surface area contributed by atoms with E-state index in [1.165, 1.54) is 17.0 Å². The molecule has 3 aromatic rings. The number of H-pyrrole nitrogens is 1. The van der Waals surface area contributed by atoms with E-state index >= 15 is 0 Å². The third-order valence-corrected chi connectivity index (χ3v) is 4.23. The summed E-state index contributed by atoms with van der Waals surface area (Å²) in [7, 11) is 0. The fraction of sp³-hybridized carbons (Fsp3) is 0.250. The number of aromatic amines is 1. The number of benzene rings is 1. The molecule has 1 N–H and O–H groups in total. The Morgan fingerprint density at radius 3 is 2.91 bits per heavy atom. The van der Waals surface area contributed by atoms with Crippen LogP contribution in [-0.2, 0) is 6.54 Å². The Morgan fingerprint density at radius 1 is 1.30 bits per heavy atom. The monoisotopic (exact) mass is 328 g/mol. The number of hydrogen-bond donors (Lipinski definition) is 1. The summed E-state index contributed by atoms with van der Waals surface area (Å²) >= 11 is 6.11. The quantitative estimate of drug-likeness (QED) is 0.798. The van der Waals surface area contributed by atoms with Crippen molar-refractivity contribution in [1.29, 1.82) is 0 Å². The van der Waals surface area contributed by atoms with E-state index in [1.807, 2.05) is 0 Å². The largest absolute Gasteiger partial charge is 0.310 e. The number of fused-ring (bicyclic) bond motifs is 1. The van der Waals surface area contributed by atoms with Crippen molar-refractivity contribution in [2.75, 3.05) is 0 Å². The summed E-state index contributed by atoms with van der Waals surface area (Å²) in [6, 6.07) is 6.56. The number of hydrogen-bond acceptors (Lipinski definition) is 4. The minimum Gasteiger partial charge on any atom is -0.310 e. The van der Waals surface area contributed by atoms with Gasteiger partial charge in [-0.2, -0.15) is 0 Å². The van der Waals surface area contributed by atoms with Gasteiger partial charge in [-0.1, -0.05) is 17.7 Å². The molecule has 0 bridgehead atoms. The van der Waals surface area contributed by atoms with Crippen LogP contribution >= 0.6 is 11.6 Å². The van der Waals surface area contributed by atoms with Crippen molar-refractivity contribution < 1.29 is 0 Å². The third-order valence-electron chi connectivity index (χ3n) is 3.91. The summed E-state index contributed by atoms with van der Waals surface area (Å²) in [6.45, 7) is 0.191. The molecule has 2 heterocycles. The predicted octanol–water partition coefficient (Wildman–Crippen LogP) is 2.06. The van der Waals surface area contributed by atoms with Crippen LogP contribution in [0.2, 0.25) is 5.02 Å². The number of halogens is 1. The molecular weight excluding hydrogens is 316 g/mol. The standard InChI is InChI=1S/C16H13ClN4O2/c17-11-2-1-3-12-14(11)16(23)21(8-18-12)7-10-6-13(22)20-15(19-10)9-4-5-9/h1-3,6,8-9H,4-5,7H2,(H,19,20,22). The lowest BCUT2D eigenvalue weighted by Gasteiger charge is -2.08. The smallest absolute Gasteiger partial charge is 0.263 e. The van der Waals surface area contributed by atoms with Gasteiger partial charge >= 0.3 is 0 Å². The van der Waals surface area contributed by atoms with Crippen LogP contribution in [0.4, 0.5) is 0 Å². The summed E-state index contributed by atoms with van der Waals surface area (Å²) in [5, 5.41) is 0.746. The Balaban J connectivity index is 1.79. The van der Waals surface area contributed by atoms with Crippen LogP contribution in [0.5, 0.6) is 0 Å². The second-order valence-electron chi connectivity index (χ2n) is 5.71. The molecule has 1 fully saturated rings. The first-order chi connectivity index (χ1) is 11.1. The maximum atomic E-state index is 12.6. The molecule has 6 nitrogen and oxygen atoms in total. The molecule has 0 spiro atoms. The van der Waals surface area contributed by atoms with Gasteiger partial charge in [0.15, 0.2) is 0 Å². The van der Waals surface area contributed by atoms with Crippen molar-refractivity contribution >= 4 is 22.5 Å². The number of nitrogens with one attached hydrogen (secondary N) is 1. The van der Waals surface area contributed by atoms with E-state index in [0.29, 0.717) is 33.4 Å². The van der Waals surface area contributed by atoms with Crippen LogP contribution in [0.15, 0.2) is 40.2 Å². The molecule has 2 aromatic heterocycles. The van der Waals surface area contributed by atoms with Crippen molar-refractivity contribution in [2.24, 2.45) is 0 Å². The molecule has 0 radical (unpaired) electrons. The Hall–Kier alpha value is -2.47. The van der Waals surface area contributed by atoms with Crippen LogP contribution in [-0.4, -0.2) is 19.5 Å². The Morgan fingerprint density at radius 2 is 2.13 bits per heavy atom. The second-order valence-corrected chi connectivity index (χ2v) is 6.12. The SMILES string of the molecule is O=c1cc(Cn2cnc3cccc(Cl)c3c2=O)nc(C2CC2)[nH]1. The Kier molecular flexibility index (Phi) is 3.27. The van der Waals surface area contributed by atoms with Gasteiger partial charge in [0.25, 0.3) is 11.1 Å². The average Bonchev–Trinajstić information content (AvgIpc) is 3.34. The highest BCUT2D eigenvalue weighted by Gasteiger charge is 2.26. The van der Waals surface area contributed by atoms with Crippen molar-refractivity contribution in [3.8, 4) is 0 Å². The fourth-order valence-electron chi connectivity index (χ4n) is 2.61. The van der Waals surface area contributed by atoms with Crippen molar-refractivity contribution in [3.63, 3.8) is 0 Å². The van der Waals surface area contributed by atoms with Gasteiger partial charge in [0.1, 0.15) is 5.82 Å². The molecular formula is C16H13ClN4O2. The first-order valence-corrected chi connectivity index (χ1v) is 7.73. The molecule has 1 aliphatic rings. The minimum absolute atomic E-state index is 0.191. The van der Waals surface area contributed by atoms with E-state index in [2.05, 4.69) is 15.0 Å². The van der Waals surface area contributed by atoms with Gasteiger partial charge in [0, 0.05) is 12.0 Å². The van der Waals surface area contributed by atoms with Gasteiger partial charge in [0.2, 0.25) is 0 Å². The summed E-state index contributed by atoms with van der Waals surface area (Å²) in [6.07, 6.45) is 3.54. The van der Waals surface area contributed by atoms with E-state index in [9.17, 15) is 9.59 Å². The highest BCUT2D eigenvalue weighted by atomic mass is 35.5. The zero-order chi connectivity index (χ0) is 16.0. The predicted molar refractivity (Wildman–Crippen MR) is 86.9 cm³/mol. The van der Waals surface area contributed by atoms with E-state index in [-0.39, 0.29) is 17.7 Å². The number of nitrogens with zero attached hydrogens (tertiary/aromatic N) is 3. The van der Waals surface area contributed by atoms with Crippen LogP contribution in [0.25, 0.3) is 10.9 Å². The van der Waals surface area contributed by atoms with Crippen LogP contribution < -0.4 is 11.1 Å². The van der Waals surface area contributed by atoms with Crippen LogP contribution in [0.1, 0.15) is 30.3 Å². The van der Waals surface area contributed by atoms with Gasteiger partial charge in [-0.25, -0.2) is 9.97 Å². The second kappa shape index (κ2) is 5.31. The first-order valence-electron chi connectivity index (χ1n) is 7.35. The van der Waals surface area contributed by atoms with Gasteiger partial charge in [-0.15, -0.1) is 0 Å². The van der Waals surface area contributed by atoms with E-state index in [1.54, 1.807) is 18.2 Å². The molecule has 116 valence electrons. The first kappa shape index (κ1) is 14.1. The molecule has 1 aromatic carbocycles. The molecule has 0 aliphatic heterocycles. The Labute approximate surface area is 135 Å². The maximum Gasteiger partial charge on any atom is 0.263 e. The molecule has 23 heavy (non-hydrogen) atoms. The van der Waals surface area contributed by atoms with Crippen LogP contribution in [0.3, 0.4) is 0 Å². The highest BCUT2D eigenvalue weighted by Crippen LogP contribution is 2.37. The summed E-state index contributed by atoms with van der Waals surface area (Å²) in [5.74, 6) is 1.04. The van der Waals surface area contributed by atoms with E-state index in [0.717, 1.165) is 12.8 Å². The lowest BCUT2D eigenvalue weighted by molar-refractivity contribution is 0.714. The summed E-state index contributed by atoms with van der Waals surface area (Å²) in [5.41, 5.74) is 0.662. The summed E-state index contributed by atoms with van der Waals surface area (Å²) < 4.78 is 1.42. The molecule has 1 aliphatic carbocycles. The van der Waals surface area contributed by atoms with Crippen LogP contribution in [0, 0.1) is 0 Å². The molecule has 0 unspecified atom stereocenters. The number of aromatic nitrogens is 4. The van der Waals surface area contributed by atoms with Gasteiger partial charge < -0.3 is 4.98 Å². The van der Waals surface area contributed by atoms with E-state index in [4.69, 9.17) is 11.6 Å². The van der Waals surface area contributed by atoms with Gasteiger partial charge in [-0.05, 0) is 25.0 Å². The lowest BCUT2D eigenvalue weighted by Crippen LogP contribution is -2.23. The average molecular weight is 329 g/mol. The fourth-order valence-corrected chi connectivity index (χ4v) is 2.86. The molecule has 0 atom stereocenters. The molecule has 4 rings (SSSR count). The Bertz CT molecular complexity index is 1020. The van der Waals surface area contributed by atoms with Gasteiger partial charge in [0.05, 0.1) is 34.5 Å². The molecule has 1 saturated carbocycles. The van der Waals surface area contributed by atoms with Crippen molar-refractivity contribution in [1.82, 2.24) is 19.5 Å². The minimum atomic E-state index is -0.240. The zero-order valence-corrected chi connectivity index (χ0v) is 12.9. The topological polar surface area (TPSA) is 80.6 Å². The number of rotatable bonds is 3. The lowest BCUT2D eigenvalue weighted by atomic mass is 10.2. The third kappa shape index (κ3) is 2.66. The molecule has 0 saturated heterocycles. The van der Waals surface area contributed by atoms with Crippen molar-refractivity contribution in [3.05, 3.63) is 67.8 Å². The highest BCUT2D eigenvalue weighted by molar-refractivity contribution is 6.35. The summed E-state index contributed by atoms with van der Waals surface area (Å²) in [4.78, 5) is 35.8. The van der Waals surface area contributed by atoms with Gasteiger partial charge in [-0.3, -0.25) is 14.2 Å². The zero-order valence-electron chi connectivity index (χ0n) is 12.1. The maximum absolute atomic E-state index is 12.6. The normalized spacial score (nSPS) is 14.3. The van der Waals surface area contributed by atoms with E-state index < -0.39 is 0 Å².